The summed E-state index contributed by atoms with van der Waals surface area (Å²) in [7, 11) is 0. The molecule has 8 nitrogen and oxygen atoms in total. The Morgan fingerprint density at radius 1 is 1.00 bits per heavy atom. The number of nitrogens with zero attached hydrogens (tertiary/aromatic N) is 3. The molecule has 2 heterocycles. The number of carbonyl (C=O) groups excluding carboxylic acids is 3. The zero-order valence-corrected chi connectivity index (χ0v) is 21.0. The van der Waals surface area contributed by atoms with E-state index in [-0.39, 0.29) is 25.7 Å². The molecule has 1 unspecified atom stereocenters. The maximum atomic E-state index is 14.8. The van der Waals surface area contributed by atoms with Crippen LogP contribution in [0.2, 0.25) is 0 Å². The van der Waals surface area contributed by atoms with E-state index in [0.717, 1.165) is 12.1 Å². The molecule has 2 aromatic rings. The summed E-state index contributed by atoms with van der Waals surface area (Å²) in [6.45, 7) is 5.11. The molecule has 0 aromatic heterocycles. The van der Waals surface area contributed by atoms with Gasteiger partial charge in [0.15, 0.2) is 6.10 Å². The zero-order valence-electron chi connectivity index (χ0n) is 21.0. The monoisotopic (exact) mass is 515 g/mol. The van der Waals surface area contributed by atoms with E-state index in [9.17, 15) is 23.2 Å². The van der Waals surface area contributed by atoms with Gasteiger partial charge in [-0.1, -0.05) is 18.2 Å². The number of likely N-dealkylation sites (tertiary alicyclic amines) is 1. The molecule has 37 heavy (non-hydrogen) atoms. The summed E-state index contributed by atoms with van der Waals surface area (Å²) in [4.78, 5) is 43.1. The van der Waals surface area contributed by atoms with Gasteiger partial charge in [0.25, 0.3) is 11.8 Å². The summed E-state index contributed by atoms with van der Waals surface area (Å²) in [6.07, 6.45) is 0.0457. The Morgan fingerprint density at radius 2 is 1.62 bits per heavy atom. The standard InChI is InChI=1S/C27H31F2N3O5/c1-3-30(4-2)25(33)23-21(28)10-11-22(29)24(23)26(34)31-14-12-18(13-15-31)32-16-20(37-27(32)35)17-36-19-8-6-5-7-9-19/h5-11,18,20H,3-4,12-17H2,1-2H3. The van der Waals surface area contributed by atoms with E-state index in [1.54, 1.807) is 18.7 Å². The second-order valence-corrected chi connectivity index (χ2v) is 9.06. The van der Waals surface area contributed by atoms with E-state index in [1.165, 1.54) is 9.80 Å². The van der Waals surface area contributed by atoms with Crippen molar-refractivity contribution in [3.05, 3.63) is 65.2 Å². The van der Waals surface area contributed by atoms with Gasteiger partial charge < -0.3 is 24.2 Å². The molecule has 198 valence electrons. The molecule has 0 spiro atoms. The van der Waals surface area contributed by atoms with Crippen LogP contribution in [0.4, 0.5) is 13.6 Å². The van der Waals surface area contributed by atoms with Gasteiger partial charge in [-0.25, -0.2) is 13.6 Å². The summed E-state index contributed by atoms with van der Waals surface area (Å²) >= 11 is 0. The molecular formula is C27H31F2N3O5. The Morgan fingerprint density at radius 3 is 2.24 bits per heavy atom. The van der Waals surface area contributed by atoms with Crippen LogP contribution in [0.3, 0.4) is 0 Å². The van der Waals surface area contributed by atoms with Crippen LogP contribution >= 0.6 is 0 Å². The highest BCUT2D eigenvalue weighted by Gasteiger charge is 2.39. The Kier molecular flexibility index (Phi) is 8.25. The molecule has 3 amide bonds. The number of hydrogen-bond acceptors (Lipinski definition) is 5. The summed E-state index contributed by atoms with van der Waals surface area (Å²) in [6, 6.07) is 10.8. The van der Waals surface area contributed by atoms with E-state index in [0.29, 0.717) is 38.2 Å². The first-order valence-electron chi connectivity index (χ1n) is 12.6. The molecule has 2 aliphatic rings. The fourth-order valence-electron chi connectivity index (χ4n) is 4.81. The number of halogens is 2. The number of para-hydroxylation sites is 1. The summed E-state index contributed by atoms with van der Waals surface area (Å²) < 4.78 is 40.7. The third kappa shape index (κ3) is 5.68. The number of rotatable bonds is 8. The number of piperidine rings is 1. The maximum absolute atomic E-state index is 14.8. The van der Waals surface area contributed by atoms with Crippen LogP contribution < -0.4 is 4.74 Å². The minimum absolute atomic E-state index is 0.160. The maximum Gasteiger partial charge on any atom is 0.410 e. The smallest absolute Gasteiger partial charge is 0.410 e. The molecule has 2 aromatic carbocycles. The fourth-order valence-corrected chi connectivity index (χ4v) is 4.81. The first kappa shape index (κ1) is 26.4. The summed E-state index contributed by atoms with van der Waals surface area (Å²) in [5, 5.41) is 0. The minimum Gasteiger partial charge on any atom is -0.490 e. The normalized spacial score (nSPS) is 18.1. The van der Waals surface area contributed by atoms with Crippen LogP contribution in [-0.2, 0) is 4.74 Å². The molecule has 10 heteroatoms. The van der Waals surface area contributed by atoms with Gasteiger partial charge in [-0.05, 0) is 51.0 Å². The van der Waals surface area contributed by atoms with Gasteiger partial charge >= 0.3 is 6.09 Å². The van der Waals surface area contributed by atoms with Crippen molar-refractivity contribution >= 4 is 17.9 Å². The molecule has 0 N–H and O–H groups in total. The highest BCUT2D eigenvalue weighted by atomic mass is 19.1. The third-order valence-corrected chi connectivity index (χ3v) is 6.86. The minimum atomic E-state index is -0.937. The molecular weight excluding hydrogens is 484 g/mol. The van der Waals surface area contributed by atoms with E-state index in [2.05, 4.69) is 0 Å². The van der Waals surface area contributed by atoms with Crippen LogP contribution in [0.5, 0.6) is 5.75 Å². The van der Waals surface area contributed by atoms with Crippen molar-refractivity contribution in [2.75, 3.05) is 39.3 Å². The lowest BCUT2D eigenvalue weighted by Gasteiger charge is -2.36. The van der Waals surface area contributed by atoms with Gasteiger partial charge in [0, 0.05) is 32.2 Å². The predicted octanol–water partition coefficient (Wildman–Crippen LogP) is 3.95. The SMILES string of the molecule is CCN(CC)C(=O)c1c(F)ccc(F)c1C(=O)N1CCC(N2CC(COc3ccccc3)OC2=O)CC1. The highest BCUT2D eigenvalue weighted by Crippen LogP contribution is 2.27. The van der Waals surface area contributed by atoms with Crippen molar-refractivity contribution in [2.45, 2.75) is 38.8 Å². The molecule has 0 aliphatic carbocycles. The van der Waals surface area contributed by atoms with Crippen molar-refractivity contribution in [3.63, 3.8) is 0 Å². The van der Waals surface area contributed by atoms with Crippen LogP contribution in [0.1, 0.15) is 47.4 Å². The van der Waals surface area contributed by atoms with E-state index >= 15 is 0 Å². The molecule has 4 rings (SSSR count). The van der Waals surface area contributed by atoms with Gasteiger partial charge in [0.1, 0.15) is 24.0 Å². The van der Waals surface area contributed by atoms with E-state index < -0.39 is 46.8 Å². The fraction of sp³-hybridized carbons (Fsp3) is 0.444. The van der Waals surface area contributed by atoms with Crippen LogP contribution in [0.15, 0.2) is 42.5 Å². The number of cyclic esters (lactones) is 1. The number of ether oxygens (including phenoxy) is 2. The van der Waals surface area contributed by atoms with Crippen LogP contribution in [0.25, 0.3) is 0 Å². The topological polar surface area (TPSA) is 79.4 Å². The lowest BCUT2D eigenvalue weighted by molar-refractivity contribution is 0.0639. The van der Waals surface area contributed by atoms with Crippen molar-refractivity contribution in [2.24, 2.45) is 0 Å². The first-order chi connectivity index (χ1) is 17.8. The molecule has 2 saturated heterocycles. The second kappa shape index (κ2) is 11.6. The average molecular weight is 516 g/mol. The highest BCUT2D eigenvalue weighted by molar-refractivity contribution is 6.07. The van der Waals surface area contributed by atoms with Crippen molar-refractivity contribution in [3.8, 4) is 5.75 Å². The zero-order chi connectivity index (χ0) is 26.5. The Bertz CT molecular complexity index is 1130. The Balaban J connectivity index is 1.39. The lowest BCUT2D eigenvalue weighted by Crippen LogP contribution is -2.48. The summed E-state index contributed by atoms with van der Waals surface area (Å²) in [5.74, 6) is -2.63. The molecule has 1 atom stereocenters. The second-order valence-electron chi connectivity index (χ2n) is 9.06. The molecule has 0 radical (unpaired) electrons. The largest absolute Gasteiger partial charge is 0.490 e. The van der Waals surface area contributed by atoms with Crippen molar-refractivity contribution in [1.29, 1.82) is 0 Å². The number of carbonyl (C=O) groups is 3. The molecule has 0 bridgehead atoms. The van der Waals surface area contributed by atoms with E-state index in [1.807, 2.05) is 30.3 Å². The van der Waals surface area contributed by atoms with Crippen LogP contribution in [0, 0.1) is 11.6 Å². The first-order valence-corrected chi connectivity index (χ1v) is 12.6. The van der Waals surface area contributed by atoms with Crippen molar-refractivity contribution in [1.82, 2.24) is 14.7 Å². The van der Waals surface area contributed by atoms with Crippen molar-refractivity contribution < 1.29 is 32.6 Å². The number of amides is 3. The van der Waals surface area contributed by atoms with E-state index in [4.69, 9.17) is 9.47 Å². The predicted molar refractivity (Wildman–Crippen MR) is 131 cm³/mol. The molecule has 2 aliphatic heterocycles. The van der Waals surface area contributed by atoms with Gasteiger partial charge in [0.2, 0.25) is 0 Å². The number of hydrogen-bond donors (Lipinski definition) is 0. The van der Waals surface area contributed by atoms with Crippen LogP contribution in [-0.4, -0.2) is 84.1 Å². The Labute approximate surface area is 214 Å². The van der Waals surface area contributed by atoms with Gasteiger partial charge in [0.05, 0.1) is 17.7 Å². The average Bonchev–Trinajstić information content (AvgIpc) is 3.29. The quantitative estimate of drug-likeness (QED) is 0.532. The Hall–Kier alpha value is -3.69. The third-order valence-electron chi connectivity index (χ3n) is 6.86. The lowest BCUT2D eigenvalue weighted by atomic mass is 9.99. The number of benzene rings is 2. The van der Waals surface area contributed by atoms with Gasteiger partial charge in [-0.2, -0.15) is 0 Å². The van der Waals surface area contributed by atoms with Gasteiger partial charge in [-0.3, -0.25) is 9.59 Å². The van der Waals surface area contributed by atoms with Gasteiger partial charge in [-0.15, -0.1) is 0 Å². The molecule has 2 fully saturated rings. The molecule has 0 saturated carbocycles. The summed E-state index contributed by atoms with van der Waals surface area (Å²) in [5.41, 5.74) is -1.09.